The number of fused-ring (bicyclic) bond motifs is 1. The molecule has 0 amide bonds. The van der Waals surface area contributed by atoms with Gasteiger partial charge in [0.15, 0.2) is 0 Å². The van der Waals surface area contributed by atoms with E-state index in [-0.39, 0.29) is 0 Å². The van der Waals surface area contributed by atoms with E-state index in [2.05, 4.69) is 16.0 Å². The minimum atomic E-state index is 0.754. The molecule has 1 fully saturated rings. The molecule has 0 saturated heterocycles. The van der Waals surface area contributed by atoms with E-state index in [1.54, 1.807) is 11.9 Å². The van der Waals surface area contributed by atoms with Crippen LogP contribution in [0.3, 0.4) is 0 Å². The summed E-state index contributed by atoms with van der Waals surface area (Å²) in [6.45, 7) is 0. The highest BCUT2D eigenvalue weighted by Crippen LogP contribution is 2.38. The van der Waals surface area contributed by atoms with Crippen molar-refractivity contribution in [2.24, 2.45) is 11.8 Å². The molecule has 0 bridgehead atoms. The summed E-state index contributed by atoms with van der Waals surface area (Å²) in [5.41, 5.74) is 3.05. The molecule has 1 N–H and O–H groups in total. The van der Waals surface area contributed by atoms with Crippen LogP contribution in [0.2, 0.25) is 0 Å². The Hall–Kier alpha value is -1.05. The highest BCUT2D eigenvalue weighted by Gasteiger charge is 2.25. The molecule has 2 aliphatic carbocycles. The third-order valence-electron chi connectivity index (χ3n) is 4.17. The molecule has 1 saturated carbocycles. The molecule has 1 heterocycles. The first kappa shape index (κ1) is 10.1. The monoisotopic (exact) mass is 216 g/mol. The van der Waals surface area contributed by atoms with E-state index in [4.69, 9.17) is 0 Å². The largest absolute Gasteiger partial charge is 0.348 e. The van der Waals surface area contributed by atoms with Gasteiger partial charge in [0.25, 0.3) is 0 Å². The molecule has 2 aliphatic rings. The van der Waals surface area contributed by atoms with Gasteiger partial charge in [-0.2, -0.15) is 0 Å². The first-order valence-electron chi connectivity index (χ1n) is 6.59. The minimum Gasteiger partial charge on any atom is -0.348 e. The van der Waals surface area contributed by atoms with Crippen molar-refractivity contribution in [3.05, 3.63) is 29.9 Å². The highest BCUT2D eigenvalue weighted by atomic mass is 14.9. The first-order chi connectivity index (χ1) is 7.92. The Kier molecular flexibility index (Phi) is 2.81. The maximum atomic E-state index is 4.09. The number of rotatable bonds is 2. The van der Waals surface area contributed by atoms with Gasteiger partial charge in [-0.15, -0.1) is 0 Å². The van der Waals surface area contributed by atoms with Gasteiger partial charge in [-0.3, -0.25) is 0 Å². The predicted molar refractivity (Wildman–Crippen MR) is 65.1 cm³/mol. The molecular weight excluding hydrogens is 196 g/mol. The van der Waals surface area contributed by atoms with E-state index in [0.717, 1.165) is 18.3 Å². The van der Waals surface area contributed by atoms with Gasteiger partial charge in [-0.25, -0.2) is 4.98 Å². The summed E-state index contributed by atoms with van der Waals surface area (Å²) in [6, 6.07) is 0. The molecule has 0 aliphatic heterocycles. The van der Waals surface area contributed by atoms with Crippen LogP contribution in [0.4, 0.5) is 0 Å². The lowest BCUT2D eigenvalue weighted by molar-refractivity contribution is 0.362. The second-order valence-electron chi connectivity index (χ2n) is 5.30. The minimum absolute atomic E-state index is 0.754. The highest BCUT2D eigenvalue weighted by molar-refractivity contribution is 5.15. The molecule has 2 atom stereocenters. The standard InChI is InChI=1S/C14H20N2/c1-2-4-13-7-11(5-6-12(13)3-1)8-14-9-15-10-16-14/h7,9-12H,1-6,8H2,(H,15,16)/t11-,12+/m0/s1. The van der Waals surface area contributed by atoms with Gasteiger partial charge >= 0.3 is 0 Å². The number of hydrogen-bond donors (Lipinski definition) is 1. The van der Waals surface area contributed by atoms with Crippen molar-refractivity contribution in [3.8, 4) is 0 Å². The lowest BCUT2D eigenvalue weighted by Gasteiger charge is -2.32. The molecule has 2 heteroatoms. The van der Waals surface area contributed by atoms with Crippen molar-refractivity contribution in [2.45, 2.75) is 44.9 Å². The maximum Gasteiger partial charge on any atom is 0.0921 e. The van der Waals surface area contributed by atoms with Crippen molar-refractivity contribution in [1.82, 2.24) is 9.97 Å². The summed E-state index contributed by atoms with van der Waals surface area (Å²) in [4.78, 5) is 7.31. The smallest absolute Gasteiger partial charge is 0.0921 e. The topological polar surface area (TPSA) is 28.7 Å². The van der Waals surface area contributed by atoms with Crippen molar-refractivity contribution < 1.29 is 0 Å². The summed E-state index contributed by atoms with van der Waals surface area (Å²) in [5, 5.41) is 0. The van der Waals surface area contributed by atoms with Gasteiger partial charge in [0.1, 0.15) is 0 Å². The van der Waals surface area contributed by atoms with Gasteiger partial charge in [0, 0.05) is 11.9 Å². The molecule has 2 nitrogen and oxygen atoms in total. The molecule has 0 aromatic carbocycles. The van der Waals surface area contributed by atoms with E-state index >= 15 is 0 Å². The molecule has 0 radical (unpaired) electrons. The summed E-state index contributed by atoms with van der Waals surface area (Å²) in [7, 11) is 0. The SMILES string of the molecule is C1=C2CCCC[C@@H]2CC[C@@H]1Cc1cnc[nH]1. The number of imidazole rings is 1. The van der Waals surface area contributed by atoms with E-state index in [0.29, 0.717) is 0 Å². The molecule has 86 valence electrons. The lowest BCUT2D eigenvalue weighted by Crippen LogP contribution is -2.18. The fourth-order valence-electron chi connectivity index (χ4n) is 3.30. The quantitative estimate of drug-likeness (QED) is 0.753. The zero-order valence-electron chi connectivity index (χ0n) is 9.78. The number of aromatic nitrogens is 2. The van der Waals surface area contributed by atoms with Crippen molar-refractivity contribution in [3.63, 3.8) is 0 Å². The molecule has 1 aromatic rings. The first-order valence-corrected chi connectivity index (χ1v) is 6.59. The van der Waals surface area contributed by atoms with Crippen LogP contribution >= 0.6 is 0 Å². The van der Waals surface area contributed by atoms with E-state index in [9.17, 15) is 0 Å². The second kappa shape index (κ2) is 4.44. The Morgan fingerprint density at radius 2 is 2.25 bits per heavy atom. The van der Waals surface area contributed by atoms with Crippen LogP contribution in [0.15, 0.2) is 24.2 Å². The number of hydrogen-bond acceptors (Lipinski definition) is 1. The average Bonchev–Trinajstić information content (AvgIpc) is 2.82. The van der Waals surface area contributed by atoms with Gasteiger partial charge in [0.05, 0.1) is 6.33 Å². The van der Waals surface area contributed by atoms with Gasteiger partial charge < -0.3 is 4.98 Å². The van der Waals surface area contributed by atoms with Crippen LogP contribution in [0.1, 0.15) is 44.2 Å². The molecule has 0 unspecified atom stereocenters. The predicted octanol–water partition coefficient (Wildman–Crippen LogP) is 3.48. The summed E-state index contributed by atoms with van der Waals surface area (Å²) < 4.78 is 0. The lowest BCUT2D eigenvalue weighted by atomic mass is 9.74. The van der Waals surface area contributed by atoms with Crippen LogP contribution in [0.5, 0.6) is 0 Å². The van der Waals surface area contributed by atoms with E-state index in [1.165, 1.54) is 44.2 Å². The van der Waals surface area contributed by atoms with Crippen molar-refractivity contribution in [1.29, 1.82) is 0 Å². The third-order valence-corrected chi connectivity index (χ3v) is 4.17. The van der Waals surface area contributed by atoms with Crippen molar-refractivity contribution in [2.75, 3.05) is 0 Å². The molecule has 0 spiro atoms. The zero-order chi connectivity index (χ0) is 10.8. The summed E-state index contributed by atoms with van der Waals surface area (Å²) in [6.07, 6.45) is 15.9. The van der Waals surface area contributed by atoms with Crippen LogP contribution in [-0.2, 0) is 6.42 Å². The zero-order valence-corrected chi connectivity index (χ0v) is 9.78. The number of nitrogens with one attached hydrogen (secondary N) is 1. The Labute approximate surface area is 97.2 Å². The third kappa shape index (κ3) is 2.06. The van der Waals surface area contributed by atoms with Gasteiger partial charge in [-0.05, 0) is 50.4 Å². The maximum absolute atomic E-state index is 4.09. The Balaban J connectivity index is 1.69. The molecular formula is C14H20N2. The fraction of sp³-hybridized carbons (Fsp3) is 0.643. The second-order valence-corrected chi connectivity index (χ2v) is 5.30. The van der Waals surface area contributed by atoms with Crippen LogP contribution in [0, 0.1) is 11.8 Å². The summed E-state index contributed by atoms with van der Waals surface area (Å²) >= 11 is 0. The number of allylic oxidation sites excluding steroid dienone is 2. The number of aromatic amines is 1. The Morgan fingerprint density at radius 1 is 1.25 bits per heavy atom. The molecule has 1 aromatic heterocycles. The van der Waals surface area contributed by atoms with Crippen LogP contribution in [-0.4, -0.2) is 9.97 Å². The van der Waals surface area contributed by atoms with E-state index in [1.807, 2.05) is 6.20 Å². The normalized spacial score (nSPS) is 29.6. The number of nitrogens with zero attached hydrogens (tertiary/aromatic N) is 1. The molecule has 16 heavy (non-hydrogen) atoms. The fourth-order valence-corrected chi connectivity index (χ4v) is 3.30. The van der Waals surface area contributed by atoms with Crippen molar-refractivity contribution >= 4 is 0 Å². The van der Waals surface area contributed by atoms with Crippen LogP contribution < -0.4 is 0 Å². The Bertz CT molecular complexity index is 364. The summed E-state index contributed by atoms with van der Waals surface area (Å²) in [5.74, 6) is 1.69. The number of H-pyrrole nitrogens is 1. The molecule has 3 rings (SSSR count). The van der Waals surface area contributed by atoms with Crippen LogP contribution in [0.25, 0.3) is 0 Å². The average molecular weight is 216 g/mol. The Morgan fingerprint density at radius 3 is 3.12 bits per heavy atom. The van der Waals surface area contributed by atoms with Gasteiger partial charge in [-0.1, -0.05) is 18.1 Å². The van der Waals surface area contributed by atoms with Gasteiger partial charge in [0.2, 0.25) is 0 Å². The van der Waals surface area contributed by atoms with E-state index < -0.39 is 0 Å².